The summed E-state index contributed by atoms with van der Waals surface area (Å²) < 4.78 is 7.01. The number of methoxy groups -OCH3 is 1. The summed E-state index contributed by atoms with van der Waals surface area (Å²) >= 11 is 0. The Morgan fingerprint density at radius 1 is 1.26 bits per heavy atom. The third kappa shape index (κ3) is 2.03. The summed E-state index contributed by atoms with van der Waals surface area (Å²) in [6, 6.07) is 7.71. The van der Waals surface area contributed by atoms with Gasteiger partial charge in [0.05, 0.1) is 30.3 Å². The van der Waals surface area contributed by atoms with Crippen LogP contribution in [0, 0.1) is 5.92 Å². The molecular formula is C15H16N2O2. The lowest BCUT2D eigenvalue weighted by Gasteiger charge is -2.18. The summed E-state index contributed by atoms with van der Waals surface area (Å²) in [7, 11) is 1.64. The van der Waals surface area contributed by atoms with Gasteiger partial charge in [-0.05, 0) is 36.6 Å². The minimum Gasteiger partial charge on any atom is -0.497 e. The quantitative estimate of drug-likeness (QED) is 0.829. The average Bonchev–Trinajstić information content (AvgIpc) is 2.83. The van der Waals surface area contributed by atoms with Crippen molar-refractivity contribution in [1.29, 1.82) is 0 Å². The van der Waals surface area contributed by atoms with Crippen molar-refractivity contribution in [2.75, 3.05) is 7.11 Å². The highest BCUT2D eigenvalue weighted by Crippen LogP contribution is 2.27. The zero-order valence-electron chi connectivity index (χ0n) is 11.1. The highest BCUT2D eigenvalue weighted by molar-refractivity contribution is 5.98. The highest BCUT2D eigenvalue weighted by Gasteiger charge is 2.26. The zero-order valence-corrected chi connectivity index (χ0v) is 11.1. The maximum absolute atomic E-state index is 12.0. The maximum Gasteiger partial charge on any atom is 0.166 e. The first kappa shape index (κ1) is 12.0. The van der Waals surface area contributed by atoms with Gasteiger partial charge in [0.2, 0.25) is 0 Å². The number of carbonyl (C=O) groups excluding carboxylic acids is 1. The number of nitrogens with zero attached hydrogens (tertiary/aromatic N) is 2. The molecule has 1 aliphatic carbocycles. The van der Waals surface area contributed by atoms with E-state index in [1.54, 1.807) is 13.3 Å². The maximum atomic E-state index is 12.0. The summed E-state index contributed by atoms with van der Waals surface area (Å²) in [6.45, 7) is 2.10. The Labute approximate surface area is 112 Å². The lowest BCUT2D eigenvalue weighted by atomic mass is 9.88. The van der Waals surface area contributed by atoms with Gasteiger partial charge in [-0.2, -0.15) is 5.10 Å². The van der Waals surface area contributed by atoms with Gasteiger partial charge in [-0.3, -0.25) is 4.79 Å². The number of aromatic nitrogens is 2. The van der Waals surface area contributed by atoms with E-state index < -0.39 is 0 Å². The van der Waals surface area contributed by atoms with Gasteiger partial charge < -0.3 is 4.74 Å². The second-order valence-electron chi connectivity index (χ2n) is 5.05. The normalized spacial score (nSPS) is 18.2. The lowest BCUT2D eigenvalue weighted by molar-refractivity contribution is 0.0952. The molecule has 4 heteroatoms. The van der Waals surface area contributed by atoms with E-state index in [1.807, 2.05) is 28.9 Å². The van der Waals surface area contributed by atoms with Crippen molar-refractivity contribution >= 4 is 5.78 Å². The molecule has 0 spiro atoms. The molecule has 0 bridgehead atoms. The van der Waals surface area contributed by atoms with Crippen molar-refractivity contribution in [1.82, 2.24) is 9.78 Å². The lowest BCUT2D eigenvalue weighted by Crippen LogP contribution is -2.19. The molecule has 1 heterocycles. The van der Waals surface area contributed by atoms with E-state index in [1.165, 1.54) is 0 Å². The first-order valence-corrected chi connectivity index (χ1v) is 6.43. The molecule has 0 fully saturated rings. The Morgan fingerprint density at radius 3 is 2.68 bits per heavy atom. The molecule has 3 rings (SSSR count). The van der Waals surface area contributed by atoms with Crippen LogP contribution in [0.5, 0.6) is 5.75 Å². The molecule has 0 amide bonds. The fourth-order valence-corrected chi connectivity index (χ4v) is 2.58. The second kappa shape index (κ2) is 4.53. The fraction of sp³-hybridized carbons (Fsp3) is 0.333. The van der Waals surface area contributed by atoms with Crippen LogP contribution in [0.15, 0.2) is 30.5 Å². The number of Topliss-reactive ketones (excluding diaryl/α,β-unsaturated/α-hetero) is 1. The molecule has 0 N–H and O–H groups in total. The molecule has 0 saturated heterocycles. The number of ether oxygens (including phenoxy) is 1. The second-order valence-corrected chi connectivity index (χ2v) is 5.05. The summed E-state index contributed by atoms with van der Waals surface area (Å²) in [5, 5.41) is 4.36. The van der Waals surface area contributed by atoms with Gasteiger partial charge in [-0.25, -0.2) is 4.68 Å². The van der Waals surface area contributed by atoms with Crippen LogP contribution < -0.4 is 4.74 Å². The third-order valence-corrected chi connectivity index (χ3v) is 3.56. The summed E-state index contributed by atoms with van der Waals surface area (Å²) in [5.74, 6) is 1.40. The van der Waals surface area contributed by atoms with Gasteiger partial charge in [0, 0.05) is 6.42 Å². The van der Waals surface area contributed by atoms with Gasteiger partial charge in [0.1, 0.15) is 5.75 Å². The highest BCUT2D eigenvalue weighted by atomic mass is 16.5. The third-order valence-electron chi connectivity index (χ3n) is 3.56. The first-order valence-electron chi connectivity index (χ1n) is 6.43. The van der Waals surface area contributed by atoms with Crippen molar-refractivity contribution in [3.63, 3.8) is 0 Å². The Morgan fingerprint density at radius 2 is 2.00 bits per heavy atom. The van der Waals surface area contributed by atoms with Crippen LogP contribution in [0.3, 0.4) is 0 Å². The number of hydrogen-bond donors (Lipinski definition) is 0. The molecule has 0 saturated carbocycles. The van der Waals surface area contributed by atoms with Crippen LogP contribution in [0.25, 0.3) is 5.69 Å². The van der Waals surface area contributed by atoms with Crippen molar-refractivity contribution in [2.24, 2.45) is 5.92 Å². The molecule has 4 nitrogen and oxygen atoms in total. The van der Waals surface area contributed by atoms with E-state index in [0.29, 0.717) is 12.3 Å². The molecule has 98 valence electrons. The largest absolute Gasteiger partial charge is 0.497 e. The van der Waals surface area contributed by atoms with E-state index in [9.17, 15) is 4.79 Å². The number of ketones is 1. The average molecular weight is 256 g/mol. The Bertz CT molecular complexity index is 614. The predicted octanol–water partition coefficient (Wildman–Crippen LogP) is 2.65. The van der Waals surface area contributed by atoms with E-state index >= 15 is 0 Å². The molecule has 2 aromatic rings. The SMILES string of the molecule is COc1ccc(-n2ncc3c2C[C@H](C)CC3=O)cc1. The Balaban J connectivity index is 2.04. The fourth-order valence-electron chi connectivity index (χ4n) is 2.58. The number of benzene rings is 1. The van der Waals surface area contributed by atoms with Gasteiger partial charge in [-0.15, -0.1) is 0 Å². The van der Waals surface area contributed by atoms with Crippen LogP contribution in [0.1, 0.15) is 29.4 Å². The number of carbonyl (C=O) groups is 1. The summed E-state index contributed by atoms with van der Waals surface area (Å²) in [4.78, 5) is 12.0. The number of fused-ring (bicyclic) bond motifs is 1. The van der Waals surface area contributed by atoms with Crippen LogP contribution in [-0.2, 0) is 6.42 Å². The van der Waals surface area contributed by atoms with Crippen molar-refractivity contribution in [2.45, 2.75) is 19.8 Å². The molecule has 1 aliphatic rings. The molecule has 0 aliphatic heterocycles. The predicted molar refractivity (Wildman–Crippen MR) is 71.9 cm³/mol. The molecule has 1 aromatic heterocycles. The van der Waals surface area contributed by atoms with E-state index in [2.05, 4.69) is 12.0 Å². The van der Waals surface area contributed by atoms with E-state index in [0.717, 1.165) is 29.1 Å². The molecule has 1 aromatic carbocycles. The zero-order chi connectivity index (χ0) is 13.4. The Kier molecular flexibility index (Phi) is 2.85. The summed E-state index contributed by atoms with van der Waals surface area (Å²) in [5.41, 5.74) is 2.76. The van der Waals surface area contributed by atoms with Gasteiger partial charge in [0.25, 0.3) is 0 Å². The van der Waals surface area contributed by atoms with E-state index in [4.69, 9.17) is 4.74 Å². The van der Waals surface area contributed by atoms with Gasteiger partial charge >= 0.3 is 0 Å². The molecule has 0 radical (unpaired) electrons. The molecule has 1 atom stereocenters. The molecule has 0 unspecified atom stereocenters. The summed E-state index contributed by atoms with van der Waals surface area (Å²) in [6.07, 6.45) is 3.21. The van der Waals surface area contributed by atoms with Crippen molar-refractivity contribution < 1.29 is 9.53 Å². The van der Waals surface area contributed by atoms with Gasteiger partial charge in [0.15, 0.2) is 5.78 Å². The van der Waals surface area contributed by atoms with Gasteiger partial charge in [-0.1, -0.05) is 6.92 Å². The molecule has 19 heavy (non-hydrogen) atoms. The topological polar surface area (TPSA) is 44.1 Å². The van der Waals surface area contributed by atoms with E-state index in [-0.39, 0.29) is 5.78 Å². The minimum atomic E-state index is 0.202. The minimum absolute atomic E-state index is 0.202. The van der Waals surface area contributed by atoms with Crippen LogP contribution in [-0.4, -0.2) is 22.7 Å². The first-order chi connectivity index (χ1) is 9.19. The Hall–Kier alpha value is -2.10. The van der Waals surface area contributed by atoms with Crippen molar-refractivity contribution in [3.05, 3.63) is 41.7 Å². The van der Waals surface area contributed by atoms with Crippen LogP contribution >= 0.6 is 0 Å². The monoisotopic (exact) mass is 256 g/mol. The standard InChI is InChI=1S/C15H16N2O2/c1-10-7-14-13(15(18)8-10)9-16-17(14)11-3-5-12(19-2)6-4-11/h3-6,9-10H,7-8H2,1-2H3/t10-/m0/s1. The van der Waals surface area contributed by atoms with Crippen LogP contribution in [0.2, 0.25) is 0 Å². The number of hydrogen-bond acceptors (Lipinski definition) is 3. The smallest absolute Gasteiger partial charge is 0.166 e. The van der Waals surface area contributed by atoms with Crippen molar-refractivity contribution in [3.8, 4) is 11.4 Å². The van der Waals surface area contributed by atoms with Crippen LogP contribution in [0.4, 0.5) is 0 Å². The number of rotatable bonds is 2. The molecular weight excluding hydrogens is 240 g/mol.